The lowest BCUT2D eigenvalue weighted by molar-refractivity contribution is -0.137. The van der Waals surface area contributed by atoms with Gasteiger partial charge in [0.05, 0.1) is 0 Å². The van der Waals surface area contributed by atoms with Crippen LogP contribution in [0.1, 0.15) is 42.0 Å². The number of carbonyl (C=O) groups is 3. The molecular weight excluding hydrogens is 509 g/mol. The molecule has 0 fully saturated rings. The quantitative estimate of drug-likeness (QED) is 0.299. The predicted molar refractivity (Wildman–Crippen MR) is 140 cm³/mol. The number of carbonyl (C=O) groups excluding carboxylic acids is 2. The lowest BCUT2D eigenvalue weighted by atomic mass is 9.89. The van der Waals surface area contributed by atoms with Gasteiger partial charge in [-0.2, -0.15) is 0 Å². The van der Waals surface area contributed by atoms with Gasteiger partial charge in [-0.15, -0.1) is 10.2 Å². The maximum absolute atomic E-state index is 14.1. The van der Waals surface area contributed by atoms with Crippen LogP contribution in [0, 0.1) is 5.82 Å². The van der Waals surface area contributed by atoms with Crippen molar-refractivity contribution in [3.8, 4) is 0 Å². The second-order valence-corrected chi connectivity index (χ2v) is 10.2. The van der Waals surface area contributed by atoms with Crippen molar-refractivity contribution in [3.63, 3.8) is 0 Å². The van der Waals surface area contributed by atoms with Crippen LogP contribution in [0.3, 0.4) is 0 Å². The Bertz CT molecular complexity index is 1470. The third-order valence-electron chi connectivity index (χ3n) is 6.83. The van der Waals surface area contributed by atoms with Crippen molar-refractivity contribution in [2.75, 3.05) is 5.32 Å². The molecule has 0 saturated heterocycles. The van der Waals surface area contributed by atoms with Gasteiger partial charge in [-0.3, -0.25) is 14.4 Å². The molecule has 2 unspecified atom stereocenters. The Balaban J connectivity index is 1.30. The van der Waals surface area contributed by atoms with Crippen LogP contribution in [0.25, 0.3) is 10.9 Å². The summed E-state index contributed by atoms with van der Waals surface area (Å²) in [5.41, 5.74) is 4.83. The maximum Gasteiger partial charge on any atom is 0.323 e. The highest BCUT2D eigenvalue weighted by atomic mass is 32.1. The monoisotopic (exact) mass is 535 g/mol. The summed E-state index contributed by atoms with van der Waals surface area (Å²) in [6, 6.07) is 13.6. The number of halogens is 1. The number of anilines is 1. The topological polar surface area (TPSA) is 126 Å². The molecule has 11 heteroatoms. The van der Waals surface area contributed by atoms with Crippen molar-refractivity contribution >= 4 is 45.2 Å². The number of aromatic nitrogens is 3. The lowest BCUT2D eigenvalue weighted by Crippen LogP contribution is -2.39. The van der Waals surface area contributed by atoms with E-state index < -0.39 is 11.8 Å². The summed E-state index contributed by atoms with van der Waals surface area (Å²) in [6.07, 6.45) is 1.89. The normalized spacial score (nSPS) is 15.6. The fraction of sp³-hybridized carbons (Fsp3) is 0.296. The van der Waals surface area contributed by atoms with Gasteiger partial charge >= 0.3 is 5.97 Å². The fourth-order valence-electron chi connectivity index (χ4n) is 5.23. The Morgan fingerprint density at radius 3 is 2.66 bits per heavy atom. The number of rotatable bonds is 9. The predicted octanol–water partition coefficient (Wildman–Crippen LogP) is 3.89. The minimum atomic E-state index is -0.966. The van der Waals surface area contributed by atoms with Crippen molar-refractivity contribution in [3.05, 3.63) is 76.7 Å². The number of fused-ring (bicyclic) bond motifs is 3. The molecule has 0 saturated carbocycles. The second kappa shape index (κ2) is 11.1. The molecule has 1 aliphatic rings. The molecule has 9 nitrogen and oxygen atoms in total. The molecule has 4 aromatic rings. The van der Waals surface area contributed by atoms with Gasteiger partial charge in [0, 0.05) is 41.4 Å². The molecule has 3 N–H and O–H groups in total. The first-order valence-electron chi connectivity index (χ1n) is 12.3. The molecular formula is C27H26FN5O4S. The summed E-state index contributed by atoms with van der Waals surface area (Å²) >= 11 is 1.22. The molecule has 0 bridgehead atoms. The molecule has 2 amide bonds. The molecule has 38 heavy (non-hydrogen) atoms. The number of carboxylic acid groups (broad SMARTS) is 1. The van der Waals surface area contributed by atoms with E-state index in [4.69, 9.17) is 0 Å². The zero-order valence-corrected chi connectivity index (χ0v) is 21.2. The van der Waals surface area contributed by atoms with Gasteiger partial charge in [0.15, 0.2) is 0 Å². The first-order valence-corrected chi connectivity index (χ1v) is 13.2. The average molecular weight is 536 g/mol. The third-order valence-corrected chi connectivity index (χ3v) is 7.43. The Morgan fingerprint density at radius 1 is 1.13 bits per heavy atom. The molecule has 0 spiro atoms. The van der Waals surface area contributed by atoms with Gasteiger partial charge < -0.3 is 20.3 Å². The van der Waals surface area contributed by atoms with E-state index in [-0.39, 0.29) is 43.2 Å². The molecule has 0 radical (unpaired) electrons. The fourth-order valence-corrected chi connectivity index (χ4v) is 5.69. The van der Waals surface area contributed by atoms with E-state index in [2.05, 4.69) is 20.8 Å². The number of aliphatic carboxylic acids is 1. The molecule has 2 aromatic carbocycles. The summed E-state index contributed by atoms with van der Waals surface area (Å²) in [6.45, 7) is -0.202. The number of hydrogen-bond donors (Lipinski definition) is 3. The summed E-state index contributed by atoms with van der Waals surface area (Å²) in [7, 11) is 0. The van der Waals surface area contributed by atoms with Crippen LogP contribution in [0.2, 0.25) is 0 Å². The van der Waals surface area contributed by atoms with Crippen molar-refractivity contribution in [2.45, 2.75) is 50.6 Å². The molecule has 2 atom stereocenters. The molecule has 5 rings (SSSR count). The number of amides is 2. The summed E-state index contributed by atoms with van der Waals surface area (Å²) in [5, 5.41) is 23.9. The molecule has 2 heterocycles. The highest BCUT2D eigenvalue weighted by Gasteiger charge is 2.28. The van der Waals surface area contributed by atoms with Gasteiger partial charge in [0.2, 0.25) is 16.9 Å². The van der Waals surface area contributed by atoms with Crippen LogP contribution in [-0.2, 0) is 33.8 Å². The summed E-state index contributed by atoms with van der Waals surface area (Å²) in [4.78, 5) is 37.3. The molecule has 2 aromatic heterocycles. The molecule has 1 aliphatic carbocycles. The SMILES string of the molecule is O=C(O)Cn1c2c(c3cc(F)ccc31)CC(NC(=O)CC(CC(=O)Nc1nncs1)c1ccccc1)CC2. The van der Waals surface area contributed by atoms with E-state index in [1.54, 1.807) is 10.6 Å². The van der Waals surface area contributed by atoms with E-state index in [1.165, 1.54) is 29.0 Å². The van der Waals surface area contributed by atoms with Crippen LogP contribution in [0.15, 0.2) is 54.0 Å². The number of nitrogens with one attached hydrogen (secondary N) is 2. The van der Waals surface area contributed by atoms with Crippen LogP contribution in [0.5, 0.6) is 0 Å². The lowest BCUT2D eigenvalue weighted by Gasteiger charge is -2.26. The van der Waals surface area contributed by atoms with Crippen molar-refractivity contribution < 1.29 is 23.9 Å². The highest BCUT2D eigenvalue weighted by Crippen LogP contribution is 2.33. The van der Waals surface area contributed by atoms with Crippen LogP contribution < -0.4 is 10.6 Å². The van der Waals surface area contributed by atoms with Crippen molar-refractivity contribution in [1.82, 2.24) is 20.1 Å². The standard InChI is InChI=1S/C27H26FN5O4S/c28-18-6-8-22-20(12-18)21-13-19(7-9-23(21)33(22)14-26(36)37)30-24(34)10-17(16-4-2-1-3-5-16)11-25(35)31-27-32-29-15-38-27/h1-6,8,12,15,17,19H,7,9-11,13-14H2,(H,30,34)(H,36,37)(H,31,32,35). The zero-order valence-electron chi connectivity index (χ0n) is 20.4. The third kappa shape index (κ3) is 5.72. The van der Waals surface area contributed by atoms with Gasteiger partial charge in [0.25, 0.3) is 0 Å². The number of hydrogen-bond acceptors (Lipinski definition) is 6. The first-order chi connectivity index (χ1) is 18.4. The van der Waals surface area contributed by atoms with Gasteiger partial charge in [-0.05, 0) is 48.6 Å². The smallest absolute Gasteiger partial charge is 0.323 e. The van der Waals surface area contributed by atoms with Crippen molar-refractivity contribution in [1.29, 1.82) is 0 Å². The largest absolute Gasteiger partial charge is 0.480 e. The van der Waals surface area contributed by atoms with E-state index in [0.717, 1.165) is 16.8 Å². The van der Waals surface area contributed by atoms with Crippen LogP contribution >= 0.6 is 11.3 Å². The highest BCUT2D eigenvalue weighted by molar-refractivity contribution is 7.13. The second-order valence-electron chi connectivity index (χ2n) is 9.38. The first kappa shape index (κ1) is 25.5. The number of nitrogens with zero attached hydrogens (tertiary/aromatic N) is 3. The van der Waals surface area contributed by atoms with E-state index >= 15 is 0 Å². The van der Waals surface area contributed by atoms with Crippen LogP contribution in [0.4, 0.5) is 9.52 Å². The Kier molecular flexibility index (Phi) is 7.45. The van der Waals surface area contributed by atoms with E-state index in [9.17, 15) is 23.9 Å². The van der Waals surface area contributed by atoms with Crippen LogP contribution in [-0.4, -0.2) is 43.7 Å². The minimum Gasteiger partial charge on any atom is -0.480 e. The number of benzene rings is 2. The van der Waals surface area contributed by atoms with E-state index in [1.807, 2.05) is 30.3 Å². The van der Waals surface area contributed by atoms with Gasteiger partial charge in [0.1, 0.15) is 17.9 Å². The van der Waals surface area contributed by atoms with E-state index in [0.29, 0.717) is 35.3 Å². The van der Waals surface area contributed by atoms with Gasteiger partial charge in [-0.1, -0.05) is 41.7 Å². The molecule has 0 aliphatic heterocycles. The van der Waals surface area contributed by atoms with Gasteiger partial charge in [-0.25, -0.2) is 4.39 Å². The van der Waals surface area contributed by atoms with Crippen molar-refractivity contribution in [2.24, 2.45) is 0 Å². The Morgan fingerprint density at radius 2 is 1.92 bits per heavy atom. The summed E-state index contributed by atoms with van der Waals surface area (Å²) in [5.74, 6) is -2.13. The number of carboxylic acids is 1. The molecule has 196 valence electrons. The summed E-state index contributed by atoms with van der Waals surface area (Å²) < 4.78 is 15.8. The minimum absolute atomic E-state index is 0.105. The Labute approximate surface area is 221 Å². The zero-order chi connectivity index (χ0) is 26.6. The average Bonchev–Trinajstić information content (AvgIpc) is 3.50. The Hall–Kier alpha value is -4.12. The maximum atomic E-state index is 14.1.